The fraction of sp³-hybridized carbons (Fsp3) is 0.412. The van der Waals surface area contributed by atoms with E-state index in [0.717, 1.165) is 11.8 Å². The van der Waals surface area contributed by atoms with Gasteiger partial charge in [-0.15, -0.1) is 0 Å². The van der Waals surface area contributed by atoms with Crippen LogP contribution in [0.15, 0.2) is 42.2 Å². The third-order valence-electron chi connectivity index (χ3n) is 2.94. The van der Waals surface area contributed by atoms with Crippen molar-refractivity contribution >= 4 is 12.1 Å². The van der Waals surface area contributed by atoms with E-state index >= 15 is 0 Å². The topological polar surface area (TPSA) is 91.3 Å². The lowest BCUT2D eigenvalue weighted by molar-refractivity contribution is -0.322. The van der Waals surface area contributed by atoms with Crippen LogP contribution in [0.25, 0.3) is 0 Å². The van der Waals surface area contributed by atoms with Crippen molar-refractivity contribution in [2.45, 2.75) is 46.0 Å². The van der Waals surface area contributed by atoms with Crippen LogP contribution in [0.1, 0.15) is 40.2 Å². The first-order valence-corrected chi connectivity index (χ1v) is 7.25. The van der Waals surface area contributed by atoms with Gasteiger partial charge in [-0.2, -0.15) is 4.89 Å². The van der Waals surface area contributed by atoms with Gasteiger partial charge in [-0.3, -0.25) is 0 Å². The van der Waals surface area contributed by atoms with Crippen molar-refractivity contribution in [3.8, 4) is 0 Å². The number of carbonyl (C=O) groups is 2. The fourth-order valence-electron chi connectivity index (χ4n) is 1.69. The van der Waals surface area contributed by atoms with Crippen LogP contribution in [0.4, 0.5) is 4.79 Å². The van der Waals surface area contributed by atoms with E-state index < -0.39 is 23.5 Å². The van der Waals surface area contributed by atoms with Crippen molar-refractivity contribution in [1.82, 2.24) is 0 Å². The van der Waals surface area contributed by atoms with Gasteiger partial charge in [-0.1, -0.05) is 30.3 Å². The number of hydrogen-bond acceptors (Lipinski definition) is 6. The number of carboxylic acid groups (broad SMARTS) is 1. The summed E-state index contributed by atoms with van der Waals surface area (Å²) in [6.07, 6.45) is -0.456. The highest BCUT2D eigenvalue weighted by molar-refractivity contribution is 5.87. The molecule has 0 aliphatic carbocycles. The first-order chi connectivity index (χ1) is 11.0. The maximum absolute atomic E-state index is 11.9. The monoisotopic (exact) mass is 338 g/mol. The SMILES string of the molecule is CC(=COOC(C)(C)c1ccccc1)C(=O)OC(C)(C)OC(=O)O. The van der Waals surface area contributed by atoms with Crippen LogP contribution in [0.3, 0.4) is 0 Å². The second-order valence-corrected chi connectivity index (χ2v) is 6.01. The molecule has 0 heterocycles. The summed E-state index contributed by atoms with van der Waals surface area (Å²) in [4.78, 5) is 32.7. The maximum Gasteiger partial charge on any atom is 0.509 e. The van der Waals surface area contributed by atoms with Crippen molar-refractivity contribution in [2.24, 2.45) is 0 Å². The van der Waals surface area contributed by atoms with Crippen molar-refractivity contribution in [2.75, 3.05) is 0 Å². The van der Waals surface area contributed by atoms with E-state index in [1.54, 1.807) is 0 Å². The Morgan fingerprint density at radius 2 is 1.62 bits per heavy atom. The van der Waals surface area contributed by atoms with Gasteiger partial charge in [0.05, 0.1) is 5.57 Å². The molecule has 1 rings (SSSR count). The Hall–Kier alpha value is -2.54. The standard InChI is InChI=1S/C17H22O7/c1-12(14(18)22-17(4,5)23-15(19)20)11-21-24-16(2,3)13-9-7-6-8-10-13/h6-11H,1-5H3,(H,19,20). The van der Waals surface area contributed by atoms with E-state index in [1.807, 2.05) is 44.2 Å². The lowest BCUT2D eigenvalue weighted by Crippen LogP contribution is -2.33. The summed E-state index contributed by atoms with van der Waals surface area (Å²) in [7, 11) is 0. The Labute approximate surface area is 140 Å². The number of carbonyl (C=O) groups excluding carboxylic acids is 1. The molecule has 0 aromatic heterocycles. The number of hydrogen-bond donors (Lipinski definition) is 1. The molecule has 0 spiro atoms. The number of rotatable bonds is 7. The number of benzene rings is 1. The predicted octanol–water partition coefficient (Wildman–Crippen LogP) is 3.75. The quantitative estimate of drug-likeness (QED) is 0.202. The molecular formula is C17H22O7. The van der Waals surface area contributed by atoms with Gasteiger partial charge in [-0.05, 0) is 26.3 Å². The molecule has 0 unspecified atom stereocenters. The van der Waals surface area contributed by atoms with Gasteiger partial charge in [-0.25, -0.2) is 9.59 Å². The summed E-state index contributed by atoms with van der Waals surface area (Å²) in [6.45, 7) is 7.68. The normalized spacial score (nSPS) is 12.5. The average Bonchev–Trinajstić information content (AvgIpc) is 2.45. The molecule has 0 fully saturated rings. The van der Waals surface area contributed by atoms with Crippen molar-refractivity contribution in [1.29, 1.82) is 0 Å². The van der Waals surface area contributed by atoms with Gasteiger partial charge < -0.3 is 19.5 Å². The molecule has 0 radical (unpaired) electrons. The highest BCUT2D eigenvalue weighted by Crippen LogP contribution is 2.24. The molecule has 1 N–H and O–H groups in total. The molecule has 0 saturated carbocycles. The summed E-state index contributed by atoms with van der Waals surface area (Å²) in [5.41, 5.74) is 0.253. The molecule has 24 heavy (non-hydrogen) atoms. The third-order valence-corrected chi connectivity index (χ3v) is 2.94. The van der Waals surface area contributed by atoms with E-state index in [1.165, 1.54) is 20.8 Å². The van der Waals surface area contributed by atoms with Gasteiger partial charge in [0, 0.05) is 13.8 Å². The Kier molecular flexibility index (Phi) is 6.36. The smallest absolute Gasteiger partial charge is 0.450 e. The molecule has 132 valence electrons. The van der Waals surface area contributed by atoms with E-state index in [4.69, 9.17) is 19.6 Å². The maximum atomic E-state index is 11.9. The number of esters is 1. The Bertz CT molecular complexity index is 603. The summed E-state index contributed by atoms with van der Waals surface area (Å²) in [5.74, 6) is -2.40. The molecule has 7 nitrogen and oxygen atoms in total. The van der Waals surface area contributed by atoms with Crippen molar-refractivity contribution in [3.05, 3.63) is 47.7 Å². The summed E-state index contributed by atoms with van der Waals surface area (Å²) in [5, 5.41) is 8.57. The van der Waals surface area contributed by atoms with Crippen LogP contribution in [0.2, 0.25) is 0 Å². The number of ether oxygens (including phenoxy) is 2. The Balaban J connectivity index is 2.60. The molecule has 1 aromatic carbocycles. The van der Waals surface area contributed by atoms with E-state index in [2.05, 4.69) is 4.74 Å². The molecule has 0 bridgehead atoms. The van der Waals surface area contributed by atoms with E-state index in [0.29, 0.717) is 0 Å². The zero-order chi connectivity index (χ0) is 18.4. The van der Waals surface area contributed by atoms with Crippen LogP contribution < -0.4 is 0 Å². The molecule has 0 atom stereocenters. The second kappa shape index (κ2) is 7.83. The van der Waals surface area contributed by atoms with E-state index in [-0.39, 0.29) is 5.57 Å². The Morgan fingerprint density at radius 1 is 1.04 bits per heavy atom. The van der Waals surface area contributed by atoms with Crippen LogP contribution in [-0.2, 0) is 29.6 Å². The van der Waals surface area contributed by atoms with Crippen molar-refractivity contribution < 1.29 is 33.9 Å². The van der Waals surface area contributed by atoms with Gasteiger partial charge in [0.15, 0.2) is 0 Å². The first-order valence-electron chi connectivity index (χ1n) is 7.25. The molecular weight excluding hydrogens is 316 g/mol. The van der Waals surface area contributed by atoms with Crippen LogP contribution in [-0.4, -0.2) is 23.0 Å². The minimum Gasteiger partial charge on any atom is -0.450 e. The lowest BCUT2D eigenvalue weighted by Gasteiger charge is -2.24. The molecule has 0 aliphatic heterocycles. The zero-order valence-corrected chi connectivity index (χ0v) is 14.4. The highest BCUT2D eigenvalue weighted by Gasteiger charge is 2.28. The van der Waals surface area contributed by atoms with Crippen LogP contribution in [0.5, 0.6) is 0 Å². The molecule has 7 heteroatoms. The fourth-order valence-corrected chi connectivity index (χ4v) is 1.69. The molecule has 1 aromatic rings. The van der Waals surface area contributed by atoms with Crippen molar-refractivity contribution in [3.63, 3.8) is 0 Å². The van der Waals surface area contributed by atoms with Crippen LogP contribution in [0, 0.1) is 0 Å². The van der Waals surface area contributed by atoms with Gasteiger partial charge in [0.1, 0.15) is 11.9 Å². The minimum atomic E-state index is -1.61. The second-order valence-electron chi connectivity index (χ2n) is 6.01. The molecule has 0 aliphatic rings. The molecule has 0 saturated heterocycles. The average molecular weight is 338 g/mol. The molecule has 0 amide bonds. The zero-order valence-electron chi connectivity index (χ0n) is 14.4. The van der Waals surface area contributed by atoms with Gasteiger partial charge >= 0.3 is 12.1 Å². The first kappa shape index (κ1) is 19.5. The summed E-state index contributed by atoms with van der Waals surface area (Å²) in [6, 6.07) is 9.42. The van der Waals surface area contributed by atoms with Gasteiger partial charge in [0.2, 0.25) is 0 Å². The van der Waals surface area contributed by atoms with E-state index in [9.17, 15) is 9.59 Å². The lowest BCUT2D eigenvalue weighted by atomic mass is 9.99. The summed E-state index contributed by atoms with van der Waals surface area (Å²) < 4.78 is 9.38. The minimum absolute atomic E-state index is 0.0842. The Morgan fingerprint density at radius 3 is 2.17 bits per heavy atom. The third kappa shape index (κ3) is 6.29. The largest absolute Gasteiger partial charge is 0.509 e. The predicted molar refractivity (Wildman–Crippen MR) is 84.7 cm³/mol. The van der Waals surface area contributed by atoms with Gasteiger partial charge in [0.25, 0.3) is 5.79 Å². The highest BCUT2D eigenvalue weighted by atomic mass is 17.2. The summed E-state index contributed by atoms with van der Waals surface area (Å²) >= 11 is 0. The van der Waals surface area contributed by atoms with Crippen LogP contribution >= 0.6 is 0 Å².